The number of amides is 1. The summed E-state index contributed by atoms with van der Waals surface area (Å²) in [4.78, 5) is 19.2. The normalized spacial score (nSPS) is 18.8. The molecule has 0 saturated carbocycles. The first-order valence-electron chi connectivity index (χ1n) is 6.74. The zero-order chi connectivity index (χ0) is 14.3. The van der Waals surface area contributed by atoms with Gasteiger partial charge in [0.2, 0.25) is 0 Å². The van der Waals surface area contributed by atoms with Crippen molar-refractivity contribution in [1.82, 2.24) is 15.0 Å². The van der Waals surface area contributed by atoms with Gasteiger partial charge in [0.05, 0.1) is 22.4 Å². The molecule has 3 rings (SSSR count). The third kappa shape index (κ3) is 2.14. The van der Waals surface area contributed by atoms with Gasteiger partial charge < -0.3 is 9.42 Å². The van der Waals surface area contributed by atoms with Crippen molar-refractivity contribution in [3.05, 3.63) is 33.1 Å². The monoisotopic (exact) mass is 291 g/mol. The van der Waals surface area contributed by atoms with Gasteiger partial charge in [0.1, 0.15) is 11.3 Å². The molecule has 20 heavy (non-hydrogen) atoms. The van der Waals surface area contributed by atoms with Gasteiger partial charge in [-0.15, -0.1) is 11.3 Å². The number of hydrogen-bond donors (Lipinski definition) is 0. The topological polar surface area (TPSA) is 59.2 Å². The van der Waals surface area contributed by atoms with Crippen LogP contribution in [0.1, 0.15) is 51.4 Å². The molecule has 0 aliphatic carbocycles. The second kappa shape index (κ2) is 5.01. The van der Waals surface area contributed by atoms with Gasteiger partial charge in [-0.05, 0) is 33.6 Å². The van der Waals surface area contributed by atoms with Crippen molar-refractivity contribution in [1.29, 1.82) is 0 Å². The molecule has 1 fully saturated rings. The molecule has 0 aromatic carbocycles. The maximum atomic E-state index is 12.7. The predicted octanol–water partition coefficient (Wildman–Crippen LogP) is 3.03. The Bertz CT molecular complexity index is 627. The smallest absolute Gasteiger partial charge is 0.259 e. The van der Waals surface area contributed by atoms with Crippen molar-refractivity contribution in [2.75, 3.05) is 6.54 Å². The molecule has 6 heteroatoms. The Morgan fingerprint density at radius 3 is 2.85 bits per heavy atom. The molecular weight excluding hydrogens is 274 g/mol. The third-order valence-corrected chi connectivity index (χ3v) is 4.53. The molecule has 106 valence electrons. The van der Waals surface area contributed by atoms with E-state index >= 15 is 0 Å². The fourth-order valence-electron chi connectivity index (χ4n) is 2.78. The van der Waals surface area contributed by atoms with Gasteiger partial charge in [0.25, 0.3) is 5.91 Å². The van der Waals surface area contributed by atoms with E-state index in [-0.39, 0.29) is 11.9 Å². The maximum Gasteiger partial charge on any atom is 0.259 e. The second-order valence-electron chi connectivity index (χ2n) is 5.15. The number of likely N-dealkylation sites (tertiary alicyclic amines) is 1. The third-order valence-electron chi connectivity index (χ3n) is 3.74. The molecule has 1 aliphatic heterocycles. The summed E-state index contributed by atoms with van der Waals surface area (Å²) in [5, 5.41) is 6.97. The van der Waals surface area contributed by atoms with E-state index in [0.717, 1.165) is 30.1 Å². The Balaban J connectivity index is 1.91. The molecule has 3 heterocycles. The van der Waals surface area contributed by atoms with Gasteiger partial charge in [-0.25, -0.2) is 4.98 Å². The minimum Gasteiger partial charge on any atom is -0.361 e. The first-order chi connectivity index (χ1) is 9.58. The quantitative estimate of drug-likeness (QED) is 0.853. The lowest BCUT2D eigenvalue weighted by Crippen LogP contribution is -2.31. The van der Waals surface area contributed by atoms with Crippen LogP contribution in [0.15, 0.2) is 9.90 Å². The Labute approximate surface area is 121 Å². The van der Waals surface area contributed by atoms with Crippen LogP contribution in [0, 0.1) is 20.8 Å². The van der Waals surface area contributed by atoms with Gasteiger partial charge >= 0.3 is 0 Å². The molecule has 1 saturated heterocycles. The first kappa shape index (κ1) is 13.3. The summed E-state index contributed by atoms with van der Waals surface area (Å²) >= 11 is 1.63. The van der Waals surface area contributed by atoms with E-state index in [4.69, 9.17) is 4.52 Å². The zero-order valence-corrected chi connectivity index (χ0v) is 12.7. The molecule has 1 amide bonds. The van der Waals surface area contributed by atoms with E-state index < -0.39 is 0 Å². The number of thiazole rings is 1. The number of hydrogen-bond acceptors (Lipinski definition) is 5. The lowest BCUT2D eigenvalue weighted by molar-refractivity contribution is 0.0731. The molecule has 1 aliphatic rings. The van der Waals surface area contributed by atoms with Crippen molar-refractivity contribution in [2.45, 2.75) is 39.7 Å². The molecule has 0 N–H and O–H groups in total. The Hall–Kier alpha value is -1.69. The summed E-state index contributed by atoms with van der Waals surface area (Å²) in [5.74, 6) is 0.599. The van der Waals surface area contributed by atoms with Crippen LogP contribution in [0.3, 0.4) is 0 Å². The average Bonchev–Trinajstić information content (AvgIpc) is 3.09. The van der Waals surface area contributed by atoms with Crippen molar-refractivity contribution >= 4 is 17.2 Å². The Morgan fingerprint density at radius 1 is 1.45 bits per heavy atom. The maximum absolute atomic E-state index is 12.7. The number of aryl methyl sites for hydroxylation is 3. The highest BCUT2D eigenvalue weighted by Crippen LogP contribution is 2.34. The standard InChI is InChI=1S/C14H17N3O2S/c1-8-13(9(2)19-16-8)14(18)17-6-4-5-12(17)11-7-20-10(3)15-11/h7,12H,4-6H2,1-3H3/t12-/m1/s1. The van der Waals surface area contributed by atoms with Crippen LogP contribution in [-0.4, -0.2) is 27.5 Å². The van der Waals surface area contributed by atoms with E-state index in [0.29, 0.717) is 17.0 Å². The summed E-state index contributed by atoms with van der Waals surface area (Å²) in [6, 6.07) is 0.0844. The summed E-state index contributed by atoms with van der Waals surface area (Å²) in [6.45, 7) is 6.35. The number of aromatic nitrogens is 2. The van der Waals surface area contributed by atoms with Crippen LogP contribution >= 0.6 is 11.3 Å². The summed E-state index contributed by atoms with van der Waals surface area (Å²) < 4.78 is 5.11. The molecule has 0 radical (unpaired) electrons. The van der Waals surface area contributed by atoms with Gasteiger partial charge in [-0.2, -0.15) is 0 Å². The van der Waals surface area contributed by atoms with Gasteiger partial charge in [-0.1, -0.05) is 5.16 Å². The lowest BCUT2D eigenvalue weighted by Gasteiger charge is -2.23. The number of rotatable bonds is 2. The van der Waals surface area contributed by atoms with Crippen LogP contribution in [0.2, 0.25) is 0 Å². The van der Waals surface area contributed by atoms with Crippen molar-refractivity contribution in [3.63, 3.8) is 0 Å². The van der Waals surface area contributed by atoms with E-state index in [1.807, 2.05) is 18.7 Å². The second-order valence-corrected chi connectivity index (χ2v) is 6.21. The number of nitrogens with zero attached hydrogens (tertiary/aromatic N) is 3. The van der Waals surface area contributed by atoms with Gasteiger partial charge in [0.15, 0.2) is 0 Å². The number of carbonyl (C=O) groups is 1. The first-order valence-corrected chi connectivity index (χ1v) is 7.61. The van der Waals surface area contributed by atoms with Crippen molar-refractivity contribution < 1.29 is 9.32 Å². The van der Waals surface area contributed by atoms with Crippen molar-refractivity contribution in [2.24, 2.45) is 0 Å². The Kier molecular flexibility index (Phi) is 3.33. The van der Waals surface area contributed by atoms with E-state index in [9.17, 15) is 4.79 Å². The molecule has 5 nitrogen and oxygen atoms in total. The lowest BCUT2D eigenvalue weighted by atomic mass is 10.1. The van der Waals surface area contributed by atoms with Crippen LogP contribution in [0.25, 0.3) is 0 Å². The van der Waals surface area contributed by atoms with Gasteiger partial charge in [-0.3, -0.25) is 4.79 Å². The van der Waals surface area contributed by atoms with Crippen LogP contribution in [0.4, 0.5) is 0 Å². The summed E-state index contributed by atoms with van der Waals surface area (Å²) in [7, 11) is 0. The van der Waals surface area contributed by atoms with E-state index in [1.54, 1.807) is 18.3 Å². The highest BCUT2D eigenvalue weighted by molar-refractivity contribution is 7.09. The molecule has 2 aromatic rings. The predicted molar refractivity (Wildman–Crippen MR) is 75.8 cm³/mol. The fourth-order valence-corrected chi connectivity index (χ4v) is 3.44. The summed E-state index contributed by atoms with van der Waals surface area (Å²) in [6.07, 6.45) is 1.98. The molecule has 0 bridgehead atoms. The average molecular weight is 291 g/mol. The van der Waals surface area contributed by atoms with E-state index in [1.165, 1.54) is 0 Å². The van der Waals surface area contributed by atoms with Crippen LogP contribution < -0.4 is 0 Å². The minimum absolute atomic E-state index is 0.00871. The van der Waals surface area contributed by atoms with Crippen molar-refractivity contribution in [3.8, 4) is 0 Å². The molecule has 0 unspecified atom stereocenters. The number of carbonyl (C=O) groups excluding carboxylic acids is 1. The van der Waals surface area contributed by atoms with Crippen LogP contribution in [-0.2, 0) is 0 Å². The van der Waals surface area contributed by atoms with Crippen LogP contribution in [0.5, 0.6) is 0 Å². The fraction of sp³-hybridized carbons (Fsp3) is 0.500. The molecule has 0 spiro atoms. The largest absolute Gasteiger partial charge is 0.361 e. The minimum atomic E-state index is 0.00871. The molecule has 2 aromatic heterocycles. The Morgan fingerprint density at radius 2 is 2.25 bits per heavy atom. The zero-order valence-electron chi connectivity index (χ0n) is 11.8. The highest BCUT2D eigenvalue weighted by atomic mass is 32.1. The SMILES string of the molecule is Cc1nc([C@H]2CCCN2C(=O)c2c(C)noc2C)cs1. The molecular formula is C14H17N3O2S. The summed E-state index contributed by atoms with van der Waals surface area (Å²) in [5.41, 5.74) is 2.27. The highest BCUT2D eigenvalue weighted by Gasteiger charge is 2.34. The van der Waals surface area contributed by atoms with Gasteiger partial charge in [0, 0.05) is 11.9 Å². The molecule has 1 atom stereocenters. The van der Waals surface area contributed by atoms with E-state index in [2.05, 4.69) is 15.5 Å².